The molecule has 3 saturated carbocycles. The summed E-state index contributed by atoms with van der Waals surface area (Å²) in [6.07, 6.45) is 8.22. The molecule has 8 atom stereocenters. The molecule has 0 saturated heterocycles. The topological polar surface area (TPSA) is 80.7 Å². The standard InChI is InChI=1S/C27H38O5/c1-15-11-19-18-8-7-16-12-17(28)9-10-26(16,5)23(18)20(29)13-27(19,6)22(15)21(30)14-32-24(31)25(2,3)4/h9-10,12,15,18-20,22-23,29H,7-8,11,13-14H2,1-6H3/t15-,18+,19+,20+,22-,23-,26+,27+/m1/s1. The zero-order valence-corrected chi connectivity index (χ0v) is 20.3. The quantitative estimate of drug-likeness (QED) is 0.660. The molecule has 0 amide bonds. The van der Waals surface area contributed by atoms with Crippen LogP contribution in [0.3, 0.4) is 0 Å². The highest BCUT2D eigenvalue weighted by Crippen LogP contribution is 2.67. The Kier molecular flexibility index (Phi) is 5.59. The van der Waals surface area contributed by atoms with Gasteiger partial charge in [0, 0.05) is 17.3 Å². The van der Waals surface area contributed by atoms with Crippen molar-refractivity contribution < 1.29 is 24.2 Å². The molecule has 0 spiro atoms. The second-order valence-electron chi connectivity index (χ2n) is 12.3. The first-order chi connectivity index (χ1) is 14.8. The molecule has 0 radical (unpaired) electrons. The smallest absolute Gasteiger partial charge is 0.311 e. The van der Waals surface area contributed by atoms with Crippen LogP contribution in [0.2, 0.25) is 0 Å². The Morgan fingerprint density at radius 1 is 1.25 bits per heavy atom. The minimum atomic E-state index is -0.639. The Labute approximate surface area is 191 Å². The molecule has 5 nitrogen and oxygen atoms in total. The Morgan fingerprint density at radius 3 is 2.59 bits per heavy atom. The van der Waals surface area contributed by atoms with Gasteiger partial charge in [-0.15, -0.1) is 0 Å². The highest BCUT2D eigenvalue weighted by atomic mass is 16.5. The number of fused-ring (bicyclic) bond motifs is 5. The van der Waals surface area contributed by atoms with Crippen molar-refractivity contribution in [2.75, 3.05) is 6.61 Å². The van der Waals surface area contributed by atoms with Crippen LogP contribution in [0.5, 0.6) is 0 Å². The summed E-state index contributed by atoms with van der Waals surface area (Å²) in [6, 6.07) is 0. The van der Waals surface area contributed by atoms with Gasteiger partial charge >= 0.3 is 5.97 Å². The largest absolute Gasteiger partial charge is 0.457 e. The van der Waals surface area contributed by atoms with Crippen LogP contribution in [-0.2, 0) is 19.1 Å². The molecular weight excluding hydrogens is 404 g/mol. The van der Waals surface area contributed by atoms with Crippen molar-refractivity contribution in [3.63, 3.8) is 0 Å². The van der Waals surface area contributed by atoms with Gasteiger partial charge in [-0.25, -0.2) is 0 Å². The molecule has 0 heterocycles. The number of Topliss-reactive ketones (excluding diaryl/α,β-unsaturated/α-hetero) is 1. The first-order valence-corrected chi connectivity index (χ1v) is 12.1. The number of rotatable bonds is 3. The summed E-state index contributed by atoms with van der Waals surface area (Å²) < 4.78 is 5.38. The van der Waals surface area contributed by atoms with Crippen molar-refractivity contribution in [2.24, 2.45) is 45.8 Å². The van der Waals surface area contributed by atoms with Gasteiger partial charge in [-0.3, -0.25) is 14.4 Å². The predicted molar refractivity (Wildman–Crippen MR) is 121 cm³/mol. The molecule has 4 aliphatic carbocycles. The maximum Gasteiger partial charge on any atom is 0.311 e. The third-order valence-electron chi connectivity index (χ3n) is 9.14. The Balaban J connectivity index is 1.59. The van der Waals surface area contributed by atoms with Gasteiger partial charge in [-0.2, -0.15) is 0 Å². The summed E-state index contributed by atoms with van der Waals surface area (Å²) in [6.45, 7) is 11.6. The van der Waals surface area contributed by atoms with E-state index in [9.17, 15) is 19.5 Å². The average Bonchev–Trinajstić information content (AvgIpc) is 2.95. The van der Waals surface area contributed by atoms with Gasteiger partial charge in [0.1, 0.15) is 6.61 Å². The summed E-state index contributed by atoms with van der Waals surface area (Å²) in [5.74, 6) is 0.329. The van der Waals surface area contributed by atoms with Crippen LogP contribution in [0.1, 0.15) is 67.2 Å². The van der Waals surface area contributed by atoms with Crippen LogP contribution in [0, 0.1) is 45.8 Å². The van der Waals surface area contributed by atoms with E-state index in [0.717, 1.165) is 24.8 Å². The maximum atomic E-state index is 13.3. The van der Waals surface area contributed by atoms with Gasteiger partial charge in [-0.05, 0) is 81.8 Å². The number of esters is 1. The molecule has 0 aromatic carbocycles. The van der Waals surface area contributed by atoms with Gasteiger partial charge in [-0.1, -0.05) is 32.4 Å². The van der Waals surface area contributed by atoms with E-state index in [-0.39, 0.29) is 52.7 Å². The van der Waals surface area contributed by atoms with Gasteiger partial charge in [0.15, 0.2) is 11.6 Å². The fourth-order valence-corrected chi connectivity index (χ4v) is 7.82. The van der Waals surface area contributed by atoms with Gasteiger partial charge < -0.3 is 9.84 Å². The van der Waals surface area contributed by atoms with Crippen molar-refractivity contribution in [2.45, 2.75) is 73.3 Å². The van der Waals surface area contributed by atoms with E-state index >= 15 is 0 Å². The highest BCUT2D eigenvalue weighted by molar-refractivity contribution is 6.01. The van der Waals surface area contributed by atoms with Crippen LogP contribution >= 0.6 is 0 Å². The van der Waals surface area contributed by atoms with E-state index in [0.29, 0.717) is 18.3 Å². The van der Waals surface area contributed by atoms with Crippen molar-refractivity contribution in [1.82, 2.24) is 0 Å². The van der Waals surface area contributed by atoms with Crippen LogP contribution in [0.25, 0.3) is 0 Å². The summed E-state index contributed by atoms with van der Waals surface area (Å²) in [4.78, 5) is 37.5. The van der Waals surface area contributed by atoms with Crippen molar-refractivity contribution in [3.05, 3.63) is 23.8 Å². The number of aliphatic hydroxyl groups is 1. The van der Waals surface area contributed by atoms with E-state index in [4.69, 9.17) is 4.74 Å². The van der Waals surface area contributed by atoms with Gasteiger partial charge in [0.25, 0.3) is 0 Å². The second kappa shape index (κ2) is 7.65. The number of ketones is 2. The number of hydrogen-bond acceptors (Lipinski definition) is 5. The van der Waals surface area contributed by atoms with Gasteiger partial charge in [0.2, 0.25) is 0 Å². The lowest BCUT2D eigenvalue weighted by Gasteiger charge is -2.58. The fourth-order valence-electron chi connectivity index (χ4n) is 7.82. The number of carbonyl (C=O) groups is 3. The van der Waals surface area contributed by atoms with Crippen molar-refractivity contribution in [1.29, 1.82) is 0 Å². The molecular formula is C27H38O5. The third-order valence-corrected chi connectivity index (χ3v) is 9.14. The van der Waals surface area contributed by atoms with E-state index in [1.54, 1.807) is 32.9 Å². The Hall–Kier alpha value is -1.75. The SMILES string of the molecule is C[C@@H]1C[C@H]2[C@@H]3CCC4=CC(=O)C=C[C@]4(C)[C@H]3[C@@H](O)C[C@]2(C)[C@H]1C(=O)COC(=O)C(C)(C)C. The molecule has 1 N–H and O–H groups in total. The average molecular weight is 443 g/mol. The summed E-state index contributed by atoms with van der Waals surface area (Å²) in [5.41, 5.74) is -0.108. The fraction of sp³-hybridized carbons (Fsp3) is 0.741. The monoisotopic (exact) mass is 442 g/mol. The van der Waals surface area contributed by atoms with E-state index < -0.39 is 11.5 Å². The number of allylic oxidation sites excluding steroid dienone is 4. The Bertz CT molecular complexity index is 892. The maximum absolute atomic E-state index is 13.3. The minimum absolute atomic E-state index is 0.0171. The van der Waals surface area contributed by atoms with Crippen molar-refractivity contribution >= 4 is 17.5 Å². The van der Waals surface area contributed by atoms with Crippen molar-refractivity contribution in [3.8, 4) is 0 Å². The van der Waals surface area contributed by atoms with Gasteiger partial charge in [0.05, 0.1) is 11.5 Å². The third kappa shape index (κ3) is 3.52. The molecule has 0 unspecified atom stereocenters. The molecule has 0 aliphatic heterocycles. The van der Waals surface area contributed by atoms with Crippen LogP contribution in [0.15, 0.2) is 23.8 Å². The molecule has 0 bridgehead atoms. The highest BCUT2D eigenvalue weighted by Gasteiger charge is 2.64. The molecule has 32 heavy (non-hydrogen) atoms. The first kappa shape index (κ1) is 23.4. The molecule has 4 aliphatic rings. The summed E-state index contributed by atoms with van der Waals surface area (Å²) in [7, 11) is 0. The second-order valence-corrected chi connectivity index (χ2v) is 12.3. The predicted octanol–water partition coefficient (Wildman–Crippen LogP) is 4.29. The van der Waals surface area contributed by atoms with Crippen LogP contribution < -0.4 is 0 Å². The van der Waals surface area contributed by atoms with Crippen LogP contribution in [0.4, 0.5) is 0 Å². The number of ether oxygens (including phenoxy) is 1. The minimum Gasteiger partial charge on any atom is -0.457 e. The molecule has 4 rings (SSSR count). The number of carbonyl (C=O) groups excluding carboxylic acids is 3. The lowest BCUT2D eigenvalue weighted by atomic mass is 9.46. The van der Waals surface area contributed by atoms with Crippen LogP contribution in [-0.4, -0.2) is 35.4 Å². The number of hydrogen-bond donors (Lipinski definition) is 1. The molecule has 0 aromatic heterocycles. The Morgan fingerprint density at radius 2 is 1.94 bits per heavy atom. The molecule has 3 fully saturated rings. The zero-order valence-electron chi connectivity index (χ0n) is 20.3. The summed E-state index contributed by atoms with van der Waals surface area (Å²) in [5, 5.41) is 11.5. The summed E-state index contributed by atoms with van der Waals surface area (Å²) >= 11 is 0. The lowest BCUT2D eigenvalue weighted by molar-refractivity contribution is -0.160. The lowest BCUT2D eigenvalue weighted by Crippen LogP contribution is -2.56. The van der Waals surface area contributed by atoms with E-state index in [1.165, 1.54) is 0 Å². The first-order valence-electron chi connectivity index (χ1n) is 12.1. The molecule has 176 valence electrons. The van der Waals surface area contributed by atoms with E-state index in [1.807, 2.05) is 6.08 Å². The zero-order chi connectivity index (χ0) is 23.6. The molecule has 5 heteroatoms. The van der Waals surface area contributed by atoms with E-state index in [2.05, 4.69) is 20.8 Å². The normalized spacial score (nSPS) is 43.1. The molecule has 0 aromatic rings. The number of aliphatic hydroxyl groups excluding tert-OH is 1.